The molecule has 1 rings (SSSR count). The summed E-state index contributed by atoms with van der Waals surface area (Å²) in [6.45, 7) is -0.741. The third kappa shape index (κ3) is 5.35. The maximum atomic E-state index is 11.6. The molecule has 0 spiro atoms. The second-order valence-corrected chi connectivity index (χ2v) is 2.83. The number of benzene rings is 1. The third-order valence-electron chi connectivity index (χ3n) is 1.55. The Morgan fingerprint density at radius 3 is 2.38 bits per heavy atom. The molecule has 0 bridgehead atoms. The zero-order chi connectivity index (χ0) is 12.0. The van der Waals surface area contributed by atoms with Crippen molar-refractivity contribution in [1.82, 2.24) is 0 Å². The van der Waals surface area contributed by atoms with Gasteiger partial charge in [0, 0.05) is 0 Å². The summed E-state index contributed by atoms with van der Waals surface area (Å²) >= 11 is 0. The van der Waals surface area contributed by atoms with Crippen LogP contribution in [-0.2, 0) is 9.53 Å². The smallest absolute Gasteiger partial charge is 0.426 e. The molecule has 6 heteroatoms. The summed E-state index contributed by atoms with van der Waals surface area (Å²) in [5.41, 5.74) is 0. The van der Waals surface area contributed by atoms with Crippen molar-refractivity contribution in [3.05, 3.63) is 30.3 Å². The number of rotatable bonds is 4. The first-order chi connectivity index (χ1) is 7.47. The van der Waals surface area contributed by atoms with Crippen LogP contribution >= 0.6 is 0 Å². The molecule has 0 aliphatic rings. The van der Waals surface area contributed by atoms with Gasteiger partial charge in [0.05, 0.1) is 13.0 Å². The van der Waals surface area contributed by atoms with Crippen LogP contribution in [0.5, 0.6) is 5.75 Å². The lowest BCUT2D eigenvalue weighted by Crippen LogP contribution is -2.18. The molecule has 0 unspecified atom stereocenters. The van der Waals surface area contributed by atoms with Gasteiger partial charge in [-0.2, -0.15) is 0 Å². The summed E-state index contributed by atoms with van der Waals surface area (Å²) in [7, 11) is 0. The Labute approximate surface area is 89.8 Å². The molecular formula is C10H9F3O3. The molecule has 88 valence electrons. The maximum absolute atomic E-state index is 11.6. The highest BCUT2D eigenvalue weighted by atomic mass is 19.4. The van der Waals surface area contributed by atoms with Gasteiger partial charge in [0.2, 0.25) is 0 Å². The van der Waals surface area contributed by atoms with Gasteiger partial charge in [-0.25, -0.2) is 0 Å². The summed E-state index contributed by atoms with van der Waals surface area (Å²) in [5.74, 6) is -0.477. The van der Waals surface area contributed by atoms with Crippen LogP contribution in [0.3, 0.4) is 0 Å². The predicted octanol–water partition coefficient (Wildman–Crippen LogP) is 2.52. The molecule has 0 aliphatic heterocycles. The molecule has 0 amide bonds. The van der Waals surface area contributed by atoms with E-state index in [2.05, 4.69) is 4.74 Å². The molecule has 0 saturated carbocycles. The lowest BCUT2D eigenvalue weighted by molar-refractivity contribution is -0.324. The molecule has 0 aromatic heterocycles. The Morgan fingerprint density at radius 1 is 1.19 bits per heavy atom. The minimum atomic E-state index is -4.72. The van der Waals surface area contributed by atoms with Gasteiger partial charge in [-0.1, -0.05) is 18.2 Å². The summed E-state index contributed by atoms with van der Waals surface area (Å²) < 4.78 is 42.9. The second kappa shape index (κ2) is 5.50. The molecule has 3 nitrogen and oxygen atoms in total. The predicted molar refractivity (Wildman–Crippen MR) is 48.7 cm³/mol. The number of esters is 1. The van der Waals surface area contributed by atoms with Crippen molar-refractivity contribution in [3.63, 3.8) is 0 Å². The van der Waals surface area contributed by atoms with Crippen molar-refractivity contribution < 1.29 is 27.4 Å². The van der Waals surface area contributed by atoms with Gasteiger partial charge >= 0.3 is 12.3 Å². The van der Waals surface area contributed by atoms with Crippen LogP contribution in [-0.4, -0.2) is 18.9 Å². The third-order valence-corrected chi connectivity index (χ3v) is 1.55. The van der Waals surface area contributed by atoms with Crippen molar-refractivity contribution in [1.29, 1.82) is 0 Å². The van der Waals surface area contributed by atoms with Gasteiger partial charge in [-0.15, -0.1) is 13.2 Å². The minimum Gasteiger partial charge on any atom is -0.426 e. The van der Waals surface area contributed by atoms with Gasteiger partial charge < -0.3 is 4.74 Å². The number of ether oxygens (including phenoxy) is 2. The van der Waals surface area contributed by atoms with E-state index in [1.807, 2.05) is 0 Å². The highest BCUT2D eigenvalue weighted by Gasteiger charge is 2.29. The molecule has 0 heterocycles. The average Bonchev–Trinajstić information content (AvgIpc) is 2.17. The van der Waals surface area contributed by atoms with E-state index in [1.165, 1.54) is 12.1 Å². The first-order valence-electron chi connectivity index (χ1n) is 4.44. The second-order valence-electron chi connectivity index (χ2n) is 2.83. The first kappa shape index (κ1) is 12.5. The fourth-order valence-corrected chi connectivity index (χ4v) is 0.921. The van der Waals surface area contributed by atoms with Crippen LogP contribution in [0.25, 0.3) is 0 Å². The molecule has 0 atom stereocenters. The minimum absolute atomic E-state index is 0.291. The zero-order valence-electron chi connectivity index (χ0n) is 8.16. The Kier molecular flexibility index (Phi) is 4.30. The van der Waals surface area contributed by atoms with Crippen molar-refractivity contribution in [3.8, 4) is 5.75 Å². The molecule has 0 saturated heterocycles. The van der Waals surface area contributed by atoms with Crippen LogP contribution in [0.2, 0.25) is 0 Å². The Balaban J connectivity index is 2.27. The quantitative estimate of drug-likeness (QED) is 0.593. The number of alkyl halides is 3. The highest BCUT2D eigenvalue weighted by molar-refractivity contribution is 5.72. The normalized spacial score (nSPS) is 11.2. The summed E-state index contributed by atoms with van der Waals surface area (Å²) in [4.78, 5) is 11.0. The van der Waals surface area contributed by atoms with Crippen LogP contribution in [0, 0.1) is 0 Å². The topological polar surface area (TPSA) is 35.5 Å². The van der Waals surface area contributed by atoms with E-state index in [1.54, 1.807) is 18.2 Å². The zero-order valence-corrected chi connectivity index (χ0v) is 8.16. The number of hydrogen-bond acceptors (Lipinski definition) is 3. The molecule has 0 radical (unpaired) electrons. The maximum Gasteiger partial charge on any atom is 0.522 e. The van der Waals surface area contributed by atoms with Gasteiger partial charge in [-0.3, -0.25) is 9.53 Å². The van der Waals surface area contributed by atoms with E-state index in [0.29, 0.717) is 5.75 Å². The molecule has 0 N–H and O–H groups in total. The van der Waals surface area contributed by atoms with Gasteiger partial charge in [0.15, 0.2) is 0 Å². The van der Waals surface area contributed by atoms with Crippen molar-refractivity contribution >= 4 is 5.97 Å². The molecule has 0 aliphatic carbocycles. The number of para-hydroxylation sites is 1. The highest BCUT2D eigenvalue weighted by Crippen LogP contribution is 2.16. The largest absolute Gasteiger partial charge is 0.522 e. The monoisotopic (exact) mass is 234 g/mol. The van der Waals surface area contributed by atoms with E-state index in [-0.39, 0.29) is 0 Å². The summed E-state index contributed by atoms with van der Waals surface area (Å²) in [6.07, 6.45) is -5.17. The van der Waals surface area contributed by atoms with E-state index < -0.39 is 25.4 Å². The van der Waals surface area contributed by atoms with Crippen molar-refractivity contribution in [2.45, 2.75) is 12.8 Å². The summed E-state index contributed by atoms with van der Waals surface area (Å²) in [6, 6.07) is 8.08. The van der Waals surface area contributed by atoms with Crippen LogP contribution in [0.15, 0.2) is 30.3 Å². The number of carbonyl (C=O) groups is 1. The Bertz CT molecular complexity index is 335. The van der Waals surface area contributed by atoms with Crippen LogP contribution in [0.4, 0.5) is 13.2 Å². The van der Waals surface area contributed by atoms with Crippen LogP contribution in [0.1, 0.15) is 6.42 Å². The van der Waals surface area contributed by atoms with E-state index in [9.17, 15) is 18.0 Å². The molecule has 16 heavy (non-hydrogen) atoms. The fourth-order valence-electron chi connectivity index (χ4n) is 0.921. The molecule has 1 aromatic carbocycles. The van der Waals surface area contributed by atoms with Crippen molar-refractivity contribution in [2.75, 3.05) is 6.61 Å². The fraction of sp³-hybridized carbons (Fsp3) is 0.300. The molecule has 0 fully saturated rings. The first-order valence-corrected chi connectivity index (χ1v) is 4.44. The standard InChI is InChI=1S/C10H9F3O3/c11-10(12,13)15-7-6-9(14)16-8-4-2-1-3-5-8/h1-5H,6-7H2. The van der Waals surface area contributed by atoms with Crippen molar-refractivity contribution in [2.24, 2.45) is 0 Å². The molecular weight excluding hydrogens is 225 g/mol. The molecule has 1 aromatic rings. The Morgan fingerprint density at radius 2 is 1.81 bits per heavy atom. The van der Waals surface area contributed by atoms with Gasteiger partial charge in [0.1, 0.15) is 5.75 Å². The number of carbonyl (C=O) groups excluding carboxylic acids is 1. The van der Waals surface area contributed by atoms with Gasteiger partial charge in [-0.05, 0) is 12.1 Å². The SMILES string of the molecule is O=C(CCOC(F)(F)F)Oc1ccccc1. The van der Waals surface area contributed by atoms with Crippen LogP contribution < -0.4 is 4.74 Å². The van der Waals surface area contributed by atoms with E-state index in [4.69, 9.17) is 4.74 Å². The lowest BCUT2D eigenvalue weighted by Gasteiger charge is -2.07. The summed E-state index contributed by atoms with van der Waals surface area (Å²) in [5, 5.41) is 0. The lowest BCUT2D eigenvalue weighted by atomic mass is 10.3. The van der Waals surface area contributed by atoms with E-state index >= 15 is 0 Å². The Hall–Kier alpha value is -1.56. The average molecular weight is 234 g/mol. The van der Waals surface area contributed by atoms with Gasteiger partial charge in [0.25, 0.3) is 0 Å². The van der Waals surface area contributed by atoms with E-state index in [0.717, 1.165) is 0 Å². The number of halogens is 3. The number of hydrogen-bond donors (Lipinski definition) is 0.